The summed E-state index contributed by atoms with van der Waals surface area (Å²) in [5.41, 5.74) is 2.67. The second-order valence-corrected chi connectivity index (χ2v) is 11.0. The number of halogens is 3. The topological polar surface area (TPSA) is 85.8 Å². The molecule has 2 unspecified atom stereocenters. The molecule has 2 atom stereocenters. The molecule has 2 aliphatic heterocycles. The van der Waals surface area contributed by atoms with Gasteiger partial charge < -0.3 is 18.9 Å². The number of fused-ring (bicyclic) bond motifs is 3. The van der Waals surface area contributed by atoms with E-state index in [1.165, 1.54) is 25.0 Å². The molecule has 0 spiro atoms. The number of imidazole rings is 1. The minimum absolute atomic E-state index is 0.0542. The van der Waals surface area contributed by atoms with Crippen molar-refractivity contribution in [2.24, 2.45) is 13.0 Å². The summed E-state index contributed by atoms with van der Waals surface area (Å²) in [5, 5.41) is 8.21. The molecule has 1 aromatic carbocycles. The molecule has 2 fully saturated rings. The van der Waals surface area contributed by atoms with Gasteiger partial charge in [-0.15, -0.1) is 23.4 Å². The highest BCUT2D eigenvalue weighted by molar-refractivity contribution is 5.86. The monoisotopic (exact) mass is 574 g/mol. The number of aromatic nitrogens is 6. The first-order valence-electron chi connectivity index (χ1n) is 14.0. The Hall–Kier alpha value is -3.45. The van der Waals surface area contributed by atoms with Crippen molar-refractivity contribution in [1.29, 1.82) is 0 Å². The van der Waals surface area contributed by atoms with E-state index in [-0.39, 0.29) is 23.8 Å². The first-order chi connectivity index (χ1) is 19.5. The average Bonchev–Trinajstić information content (AvgIpc) is 3.68. The smallest absolute Gasteiger partial charge is 0.406 e. The second kappa shape index (κ2) is 11.8. The molecular weight excluding hydrogens is 537 g/mol. The largest absolute Gasteiger partial charge is 0.573 e. The fraction of sp³-hybridized carbons (Fsp3) is 0.571. The summed E-state index contributed by atoms with van der Waals surface area (Å²) in [5.74, 6) is 2.23. The molecule has 4 aromatic rings. The third-order valence-corrected chi connectivity index (χ3v) is 7.70. The zero-order chi connectivity index (χ0) is 29.3. The first kappa shape index (κ1) is 29.1. The molecule has 0 N–H and O–H groups in total. The van der Waals surface area contributed by atoms with Crippen LogP contribution in [-0.2, 0) is 11.8 Å². The average molecular weight is 575 g/mol. The van der Waals surface area contributed by atoms with E-state index in [2.05, 4.69) is 45.5 Å². The summed E-state index contributed by atoms with van der Waals surface area (Å²) >= 11 is 0. The van der Waals surface area contributed by atoms with Crippen molar-refractivity contribution in [3.8, 4) is 5.75 Å². The minimum atomic E-state index is -4.70. The Labute approximate surface area is 237 Å². The summed E-state index contributed by atoms with van der Waals surface area (Å²) in [6.45, 7) is 12.6. The van der Waals surface area contributed by atoms with Crippen LogP contribution in [-0.4, -0.2) is 79.3 Å². The van der Waals surface area contributed by atoms with Crippen LogP contribution in [0.2, 0.25) is 0 Å². The molecule has 0 bridgehead atoms. The van der Waals surface area contributed by atoms with Crippen LogP contribution in [0.1, 0.15) is 51.0 Å². The van der Waals surface area contributed by atoms with Crippen LogP contribution in [0.25, 0.3) is 16.9 Å². The number of alkyl halides is 3. The van der Waals surface area contributed by atoms with Gasteiger partial charge in [0.15, 0.2) is 11.5 Å². The molecule has 3 aromatic heterocycles. The van der Waals surface area contributed by atoms with E-state index >= 15 is 0 Å². The Kier molecular flexibility index (Phi) is 8.37. The van der Waals surface area contributed by atoms with Gasteiger partial charge in [-0.2, -0.15) is 4.98 Å². The maximum absolute atomic E-state index is 12.6. The van der Waals surface area contributed by atoms with Crippen LogP contribution in [0, 0.1) is 12.8 Å². The third kappa shape index (κ3) is 6.25. The molecule has 0 aliphatic carbocycles. The number of anilines is 1. The number of piperazine rings is 1. The van der Waals surface area contributed by atoms with Gasteiger partial charge in [-0.1, -0.05) is 26.0 Å². The quantitative estimate of drug-likeness (QED) is 0.332. The molecule has 5 heterocycles. The zero-order valence-corrected chi connectivity index (χ0v) is 24.1. The number of hydrogen-bond donors (Lipinski definition) is 0. The van der Waals surface area contributed by atoms with Gasteiger partial charge in [0.2, 0.25) is 0 Å². The zero-order valence-electron chi connectivity index (χ0n) is 24.1. The Morgan fingerprint density at radius 1 is 1.05 bits per heavy atom. The lowest BCUT2D eigenvalue weighted by molar-refractivity contribution is -0.274. The van der Waals surface area contributed by atoms with E-state index in [4.69, 9.17) is 14.7 Å². The second-order valence-electron chi connectivity index (χ2n) is 11.0. The number of ether oxygens (including phenoxy) is 2. The lowest BCUT2D eigenvalue weighted by Crippen LogP contribution is -2.54. The molecule has 13 heteroatoms. The van der Waals surface area contributed by atoms with E-state index in [0.29, 0.717) is 5.78 Å². The molecule has 41 heavy (non-hydrogen) atoms. The lowest BCUT2D eigenvalue weighted by Gasteiger charge is -2.45. The molecule has 222 valence electrons. The minimum Gasteiger partial charge on any atom is -0.406 e. The van der Waals surface area contributed by atoms with Crippen LogP contribution in [0.3, 0.4) is 0 Å². The van der Waals surface area contributed by atoms with E-state index in [9.17, 15) is 13.2 Å². The van der Waals surface area contributed by atoms with Crippen molar-refractivity contribution < 1.29 is 22.6 Å². The number of nitrogens with zero attached hydrogens (tertiary/aromatic N) is 8. The Morgan fingerprint density at radius 2 is 1.76 bits per heavy atom. The van der Waals surface area contributed by atoms with Crippen LogP contribution < -0.4 is 9.64 Å². The highest BCUT2D eigenvalue weighted by atomic mass is 19.4. The fourth-order valence-electron chi connectivity index (χ4n) is 5.77. The predicted octanol–water partition coefficient (Wildman–Crippen LogP) is 4.92. The Balaban J connectivity index is 0.000000610. The van der Waals surface area contributed by atoms with Crippen LogP contribution >= 0.6 is 0 Å². The molecule has 0 amide bonds. The van der Waals surface area contributed by atoms with Gasteiger partial charge in [0.05, 0.1) is 0 Å². The van der Waals surface area contributed by atoms with Gasteiger partial charge in [-0.3, -0.25) is 4.90 Å². The summed E-state index contributed by atoms with van der Waals surface area (Å²) in [6, 6.07) is 6.40. The summed E-state index contributed by atoms with van der Waals surface area (Å²) in [4.78, 5) is 14.3. The van der Waals surface area contributed by atoms with Crippen molar-refractivity contribution in [2.45, 2.75) is 59.0 Å². The molecule has 2 saturated heterocycles. The molecule has 10 nitrogen and oxygen atoms in total. The third-order valence-electron chi connectivity index (χ3n) is 7.70. The van der Waals surface area contributed by atoms with Crippen molar-refractivity contribution in [1.82, 2.24) is 34.0 Å². The fourth-order valence-corrected chi connectivity index (χ4v) is 5.77. The summed E-state index contributed by atoms with van der Waals surface area (Å²) < 4.78 is 50.6. The van der Waals surface area contributed by atoms with Crippen LogP contribution in [0.5, 0.6) is 5.75 Å². The predicted molar refractivity (Wildman–Crippen MR) is 149 cm³/mol. The van der Waals surface area contributed by atoms with Gasteiger partial charge in [-0.25, -0.2) is 9.38 Å². The number of rotatable bonds is 5. The molecule has 6 rings (SSSR count). The highest BCUT2D eigenvalue weighted by Crippen LogP contribution is 2.35. The van der Waals surface area contributed by atoms with E-state index in [1.54, 1.807) is 18.5 Å². The lowest BCUT2D eigenvalue weighted by atomic mass is 9.93. The maximum atomic E-state index is 12.6. The van der Waals surface area contributed by atoms with Crippen LogP contribution in [0.4, 0.5) is 19.0 Å². The van der Waals surface area contributed by atoms with Crippen molar-refractivity contribution >= 4 is 22.8 Å². The van der Waals surface area contributed by atoms with Gasteiger partial charge in [0.25, 0.3) is 5.78 Å². The summed E-state index contributed by atoms with van der Waals surface area (Å²) in [6.07, 6.45) is -0.499. The normalized spacial score (nSPS) is 19.1. The van der Waals surface area contributed by atoms with Crippen molar-refractivity contribution in [3.63, 3.8) is 0 Å². The molecule has 2 aliphatic rings. The Bertz CT molecular complexity index is 1460. The van der Waals surface area contributed by atoms with E-state index in [0.717, 1.165) is 61.2 Å². The van der Waals surface area contributed by atoms with Crippen molar-refractivity contribution in [3.05, 3.63) is 42.0 Å². The Morgan fingerprint density at radius 3 is 2.34 bits per heavy atom. The number of benzene rings is 1. The molecule has 0 saturated carbocycles. The SMILES string of the molecule is C1CCOC1.Cc1nc2c(N3CCN(C(c4ccc(OC(F)(F)F)cc4)C(C)C)CC3C)nc3nncn3c2n1C. The number of aryl methyl sites for hydroxylation is 2. The number of hydrogen-bond acceptors (Lipinski definition) is 8. The van der Waals surface area contributed by atoms with E-state index in [1.807, 2.05) is 22.9 Å². The molecular formula is C28H37F3N8O2. The van der Waals surface area contributed by atoms with Gasteiger partial charge >= 0.3 is 6.36 Å². The van der Waals surface area contributed by atoms with Gasteiger partial charge in [-0.05, 0) is 50.3 Å². The van der Waals surface area contributed by atoms with Gasteiger partial charge in [0, 0.05) is 52.0 Å². The van der Waals surface area contributed by atoms with Gasteiger partial charge in [0.1, 0.15) is 23.4 Å². The highest BCUT2D eigenvalue weighted by Gasteiger charge is 2.34. The first-order valence-corrected chi connectivity index (χ1v) is 14.0. The van der Waals surface area contributed by atoms with Crippen molar-refractivity contribution in [2.75, 3.05) is 37.7 Å². The molecule has 0 radical (unpaired) electrons. The van der Waals surface area contributed by atoms with E-state index < -0.39 is 6.36 Å². The summed E-state index contributed by atoms with van der Waals surface area (Å²) in [7, 11) is 1.97. The van der Waals surface area contributed by atoms with Crippen LogP contribution in [0.15, 0.2) is 30.6 Å². The standard InChI is InChI=1S/C24H29F3N8O.C4H8O/c1-14(2)20(17-6-8-18(9-7-17)36-24(25,26)27)33-10-11-34(15(3)12-33)21-19-22(32(5)16(4)29-19)35-13-28-31-23(35)30-21;1-2-4-5-3-1/h6-9,13-15,20H,10-12H2,1-5H3;1-4H2. The maximum Gasteiger partial charge on any atom is 0.573 e.